The number of benzene rings is 2. The molecule has 1 heterocycles. The molecule has 0 bridgehead atoms. The average molecular weight is 525 g/mol. The first-order chi connectivity index (χ1) is 15.6. The number of hydrogen-bond acceptors (Lipinski definition) is 2. The first-order valence-electron chi connectivity index (χ1n) is 10.8. The van der Waals surface area contributed by atoms with Gasteiger partial charge in [0.05, 0.1) is 12.0 Å². The summed E-state index contributed by atoms with van der Waals surface area (Å²) in [5, 5.41) is 12.0. The molecule has 1 fully saturated rings. The summed E-state index contributed by atoms with van der Waals surface area (Å²) >= 11 is 3.64. The van der Waals surface area contributed by atoms with Gasteiger partial charge in [0.2, 0.25) is 0 Å². The van der Waals surface area contributed by atoms with Crippen LogP contribution in [0.25, 0.3) is 0 Å². The maximum atomic E-state index is 13.2. The lowest BCUT2D eigenvalue weighted by Gasteiger charge is -2.40. The monoisotopic (exact) mass is 524 g/mol. The fourth-order valence-electron chi connectivity index (χ4n) is 5.34. The van der Waals surface area contributed by atoms with Gasteiger partial charge in [0.15, 0.2) is 0 Å². The quantitative estimate of drug-likeness (QED) is 0.541. The lowest BCUT2D eigenvalue weighted by atomic mass is 9.73. The van der Waals surface area contributed by atoms with Crippen LogP contribution in [0.5, 0.6) is 0 Å². The summed E-state index contributed by atoms with van der Waals surface area (Å²) in [5.41, 5.74) is 1.25. The third kappa shape index (κ3) is 4.74. The molecule has 0 aromatic heterocycles. The second kappa shape index (κ2) is 9.00. The first kappa shape index (κ1) is 23.6. The molecule has 2 aliphatic rings. The van der Waals surface area contributed by atoms with Crippen molar-refractivity contribution in [1.29, 1.82) is 0 Å². The van der Waals surface area contributed by atoms with Gasteiger partial charge < -0.3 is 15.3 Å². The third-order valence-corrected chi connectivity index (χ3v) is 7.50. The van der Waals surface area contributed by atoms with Gasteiger partial charge >= 0.3 is 18.2 Å². The number of carbonyl (C=O) groups is 2. The number of carboxylic acid groups (broad SMARTS) is 1. The molecule has 2 aromatic rings. The predicted octanol–water partition coefficient (Wildman–Crippen LogP) is 5.67. The van der Waals surface area contributed by atoms with Crippen LogP contribution in [0.2, 0.25) is 0 Å². The van der Waals surface area contributed by atoms with E-state index in [-0.39, 0.29) is 29.9 Å². The van der Waals surface area contributed by atoms with Crippen LogP contribution in [-0.2, 0) is 22.9 Å². The smallest absolute Gasteiger partial charge is 0.416 e. The minimum Gasteiger partial charge on any atom is -0.481 e. The summed E-state index contributed by atoms with van der Waals surface area (Å²) in [6, 6.07) is 10.7. The van der Waals surface area contributed by atoms with Crippen molar-refractivity contribution in [2.45, 2.75) is 49.7 Å². The maximum absolute atomic E-state index is 13.2. The van der Waals surface area contributed by atoms with E-state index in [1.165, 1.54) is 18.2 Å². The van der Waals surface area contributed by atoms with E-state index in [0.29, 0.717) is 32.4 Å². The number of piperidine rings is 1. The largest absolute Gasteiger partial charge is 0.481 e. The molecule has 4 rings (SSSR count). The van der Waals surface area contributed by atoms with Crippen molar-refractivity contribution in [3.63, 3.8) is 0 Å². The molecule has 0 radical (unpaired) electrons. The highest BCUT2D eigenvalue weighted by Crippen LogP contribution is 2.55. The van der Waals surface area contributed by atoms with Gasteiger partial charge in [-0.15, -0.1) is 0 Å². The van der Waals surface area contributed by atoms with E-state index in [1.54, 1.807) is 4.90 Å². The SMILES string of the molecule is O=C(O)CC1CC2(CCN(C(=O)NCc3ccccc3C(F)(F)F)CC2)c2c(Br)cccc21. The topological polar surface area (TPSA) is 69.6 Å². The maximum Gasteiger partial charge on any atom is 0.416 e. The standard InChI is InChI=1S/C24H24BrF3N2O3/c25-19-7-3-5-17-16(12-20(31)32)13-23(21(17)19)8-10-30(11-9-23)22(33)29-14-15-4-1-2-6-18(15)24(26,27)28/h1-7,16H,8-14H2,(H,29,33)(H,31,32). The molecule has 1 saturated heterocycles. The van der Waals surface area contributed by atoms with Crippen LogP contribution < -0.4 is 5.32 Å². The zero-order valence-electron chi connectivity index (χ0n) is 17.8. The Morgan fingerprint density at radius 2 is 1.82 bits per heavy atom. The van der Waals surface area contributed by atoms with Crippen molar-refractivity contribution in [3.05, 3.63) is 69.2 Å². The van der Waals surface area contributed by atoms with Gasteiger partial charge in [-0.2, -0.15) is 13.2 Å². The van der Waals surface area contributed by atoms with Gasteiger partial charge in [-0.05, 0) is 54.0 Å². The van der Waals surface area contributed by atoms with Crippen molar-refractivity contribution >= 4 is 27.9 Å². The molecule has 2 aromatic carbocycles. The molecule has 1 aliphatic heterocycles. The van der Waals surface area contributed by atoms with Crippen LogP contribution in [0.3, 0.4) is 0 Å². The lowest BCUT2D eigenvalue weighted by Crippen LogP contribution is -2.48. The predicted molar refractivity (Wildman–Crippen MR) is 120 cm³/mol. The highest BCUT2D eigenvalue weighted by molar-refractivity contribution is 9.10. The molecule has 1 atom stereocenters. The summed E-state index contributed by atoms with van der Waals surface area (Å²) in [7, 11) is 0. The molecule has 0 saturated carbocycles. The number of carbonyl (C=O) groups excluding carboxylic acids is 1. The van der Waals surface area contributed by atoms with Crippen LogP contribution in [0, 0.1) is 0 Å². The Kier molecular flexibility index (Phi) is 6.44. The minimum atomic E-state index is -4.48. The fourth-order valence-corrected chi connectivity index (χ4v) is 6.14. The van der Waals surface area contributed by atoms with E-state index < -0.39 is 23.7 Å². The average Bonchev–Trinajstić information content (AvgIpc) is 3.05. The Morgan fingerprint density at radius 1 is 1.12 bits per heavy atom. The Hall–Kier alpha value is -2.55. The summed E-state index contributed by atoms with van der Waals surface area (Å²) in [6.45, 7) is 0.700. The van der Waals surface area contributed by atoms with Crippen LogP contribution in [0.1, 0.15) is 53.9 Å². The molecule has 9 heteroatoms. The van der Waals surface area contributed by atoms with Crippen molar-refractivity contribution in [2.75, 3.05) is 13.1 Å². The zero-order valence-corrected chi connectivity index (χ0v) is 19.4. The van der Waals surface area contributed by atoms with E-state index >= 15 is 0 Å². The number of hydrogen-bond donors (Lipinski definition) is 2. The molecule has 1 spiro atoms. The first-order valence-corrected chi connectivity index (χ1v) is 11.6. The molecule has 176 valence electrons. The minimum absolute atomic E-state index is 0.0250. The van der Waals surface area contributed by atoms with Crippen LogP contribution in [0.15, 0.2) is 46.9 Å². The van der Waals surface area contributed by atoms with Crippen LogP contribution >= 0.6 is 15.9 Å². The number of alkyl halides is 3. The van der Waals surface area contributed by atoms with E-state index in [2.05, 4.69) is 21.2 Å². The lowest BCUT2D eigenvalue weighted by molar-refractivity contribution is -0.138. The third-order valence-electron chi connectivity index (χ3n) is 6.83. The molecule has 2 amide bonds. The molecule has 1 unspecified atom stereocenters. The number of nitrogens with zero attached hydrogens (tertiary/aromatic N) is 1. The van der Waals surface area contributed by atoms with Gasteiger partial charge in [-0.1, -0.05) is 46.3 Å². The summed E-state index contributed by atoms with van der Waals surface area (Å²) < 4.78 is 40.5. The second-order valence-corrected chi connectivity index (χ2v) is 9.64. The number of nitrogens with one attached hydrogen (secondary N) is 1. The van der Waals surface area contributed by atoms with E-state index in [9.17, 15) is 27.9 Å². The number of fused-ring (bicyclic) bond motifs is 2. The number of carboxylic acids is 1. The Bertz CT molecular complexity index is 1070. The van der Waals surface area contributed by atoms with Gasteiger partial charge in [-0.25, -0.2) is 4.79 Å². The number of rotatable bonds is 4. The van der Waals surface area contributed by atoms with E-state index in [4.69, 9.17) is 0 Å². The highest BCUT2D eigenvalue weighted by Gasteiger charge is 2.47. The molecule has 1 aliphatic carbocycles. The molecule has 33 heavy (non-hydrogen) atoms. The van der Waals surface area contributed by atoms with Gasteiger partial charge in [0.25, 0.3) is 0 Å². The van der Waals surface area contributed by atoms with E-state index in [0.717, 1.165) is 21.7 Å². The molecule has 5 nitrogen and oxygen atoms in total. The fraction of sp³-hybridized carbons (Fsp3) is 0.417. The van der Waals surface area contributed by atoms with Gasteiger partial charge in [0, 0.05) is 29.5 Å². The Labute approximate surface area is 198 Å². The Morgan fingerprint density at radius 3 is 2.48 bits per heavy atom. The normalized spacial score (nSPS) is 19.4. The number of aliphatic carboxylic acids is 1. The zero-order chi connectivity index (χ0) is 23.8. The van der Waals surface area contributed by atoms with E-state index in [1.807, 2.05) is 18.2 Å². The summed E-state index contributed by atoms with van der Waals surface area (Å²) in [6.07, 6.45) is -2.36. The highest BCUT2D eigenvalue weighted by atomic mass is 79.9. The van der Waals surface area contributed by atoms with Gasteiger partial charge in [0.1, 0.15) is 0 Å². The van der Waals surface area contributed by atoms with Crippen molar-refractivity contribution < 1.29 is 27.9 Å². The van der Waals surface area contributed by atoms with Crippen LogP contribution in [0.4, 0.5) is 18.0 Å². The van der Waals surface area contributed by atoms with Crippen molar-refractivity contribution in [2.24, 2.45) is 0 Å². The number of urea groups is 1. The summed E-state index contributed by atoms with van der Waals surface area (Å²) in [4.78, 5) is 25.7. The summed E-state index contributed by atoms with van der Waals surface area (Å²) in [5.74, 6) is -0.909. The van der Waals surface area contributed by atoms with Crippen molar-refractivity contribution in [1.82, 2.24) is 10.2 Å². The van der Waals surface area contributed by atoms with Crippen molar-refractivity contribution in [3.8, 4) is 0 Å². The molecular formula is C24H24BrF3N2O3. The Balaban J connectivity index is 1.43. The van der Waals surface area contributed by atoms with Gasteiger partial charge in [-0.3, -0.25) is 4.79 Å². The number of halogens is 4. The second-order valence-electron chi connectivity index (χ2n) is 8.78. The number of likely N-dealkylation sites (tertiary alicyclic amines) is 1. The number of amides is 2. The van der Waals surface area contributed by atoms with Crippen LogP contribution in [-0.4, -0.2) is 35.1 Å². The molecule has 2 N–H and O–H groups in total. The molecular weight excluding hydrogens is 501 g/mol.